The second-order valence-corrected chi connectivity index (χ2v) is 4.69. The smallest absolute Gasteiger partial charge is 0.124 e. The van der Waals surface area contributed by atoms with E-state index in [1.165, 1.54) is 18.9 Å². The molecule has 1 aliphatic rings. The molecule has 14 heavy (non-hydrogen) atoms. The summed E-state index contributed by atoms with van der Waals surface area (Å²) in [6.45, 7) is 1.10. The molecule has 1 nitrogen and oxygen atoms in total. The first-order valence-corrected chi connectivity index (χ1v) is 5.72. The summed E-state index contributed by atoms with van der Waals surface area (Å²) in [7, 11) is 0. The highest BCUT2D eigenvalue weighted by Gasteiger charge is 2.14. The number of hydrogen-bond acceptors (Lipinski definition) is 1. The van der Waals surface area contributed by atoms with Crippen molar-refractivity contribution in [3.8, 4) is 0 Å². The van der Waals surface area contributed by atoms with E-state index in [2.05, 4.69) is 21.2 Å². The van der Waals surface area contributed by atoms with E-state index in [9.17, 15) is 4.39 Å². The van der Waals surface area contributed by atoms with Crippen LogP contribution >= 0.6 is 15.9 Å². The summed E-state index contributed by atoms with van der Waals surface area (Å²) < 4.78 is 13.9. The zero-order chi connectivity index (χ0) is 9.97. The van der Waals surface area contributed by atoms with Gasteiger partial charge in [-0.3, -0.25) is 0 Å². The highest BCUT2D eigenvalue weighted by atomic mass is 79.9. The summed E-state index contributed by atoms with van der Waals surface area (Å²) in [5.41, 5.74) is 1.07. The van der Waals surface area contributed by atoms with Crippen LogP contribution in [0.4, 0.5) is 4.39 Å². The molecule has 1 aromatic rings. The van der Waals surface area contributed by atoms with Crippen LogP contribution < -0.4 is 5.32 Å². The Hall–Kier alpha value is -0.410. The highest BCUT2D eigenvalue weighted by molar-refractivity contribution is 9.10. The lowest BCUT2D eigenvalue weighted by Gasteiger charge is -2.10. The molecular formula is C11H13BrFN. The average molecular weight is 258 g/mol. The Balaban J connectivity index is 2.07. The largest absolute Gasteiger partial charge is 0.314 e. The average Bonchev–Trinajstić information content (AvgIpc) is 2.54. The maximum Gasteiger partial charge on any atom is 0.124 e. The monoisotopic (exact) mass is 257 g/mol. The number of benzene rings is 1. The molecule has 1 unspecified atom stereocenters. The summed E-state index contributed by atoms with van der Waals surface area (Å²) in [4.78, 5) is 0. The molecule has 3 heteroatoms. The van der Waals surface area contributed by atoms with Gasteiger partial charge in [-0.2, -0.15) is 0 Å². The molecule has 0 aromatic heterocycles. The minimum atomic E-state index is -0.160. The van der Waals surface area contributed by atoms with Crippen LogP contribution in [0.2, 0.25) is 0 Å². The van der Waals surface area contributed by atoms with E-state index in [-0.39, 0.29) is 5.82 Å². The van der Waals surface area contributed by atoms with Crippen LogP contribution in [0.3, 0.4) is 0 Å². The quantitative estimate of drug-likeness (QED) is 0.860. The molecule has 76 valence electrons. The third kappa shape index (κ3) is 2.55. The van der Waals surface area contributed by atoms with E-state index >= 15 is 0 Å². The first kappa shape index (κ1) is 10.1. The first-order chi connectivity index (χ1) is 6.74. The molecule has 1 N–H and O–H groups in total. The Morgan fingerprint density at radius 3 is 2.93 bits per heavy atom. The van der Waals surface area contributed by atoms with Crippen molar-refractivity contribution >= 4 is 15.9 Å². The fourth-order valence-corrected chi connectivity index (χ4v) is 2.46. The Labute approximate surface area is 91.8 Å². The molecule has 1 heterocycles. The van der Waals surface area contributed by atoms with Crippen LogP contribution in [-0.2, 0) is 6.42 Å². The number of halogens is 2. The normalized spacial score (nSPS) is 21.4. The Kier molecular flexibility index (Phi) is 3.19. The highest BCUT2D eigenvalue weighted by Crippen LogP contribution is 2.18. The fraction of sp³-hybridized carbons (Fsp3) is 0.455. The van der Waals surface area contributed by atoms with Gasteiger partial charge in [-0.25, -0.2) is 4.39 Å². The minimum Gasteiger partial charge on any atom is -0.314 e. The van der Waals surface area contributed by atoms with E-state index in [1.807, 2.05) is 6.07 Å². The minimum absolute atomic E-state index is 0.160. The van der Waals surface area contributed by atoms with Crippen LogP contribution in [0.1, 0.15) is 18.4 Å². The van der Waals surface area contributed by atoms with Gasteiger partial charge in [0.05, 0.1) is 0 Å². The second-order valence-electron chi connectivity index (χ2n) is 3.78. The van der Waals surface area contributed by atoms with Gasteiger partial charge >= 0.3 is 0 Å². The van der Waals surface area contributed by atoms with Gasteiger partial charge < -0.3 is 5.32 Å². The molecule has 0 spiro atoms. The lowest BCUT2D eigenvalue weighted by atomic mass is 10.0. The first-order valence-electron chi connectivity index (χ1n) is 4.92. The zero-order valence-corrected chi connectivity index (χ0v) is 9.48. The summed E-state index contributed by atoms with van der Waals surface area (Å²) >= 11 is 3.30. The van der Waals surface area contributed by atoms with Crippen molar-refractivity contribution in [3.63, 3.8) is 0 Å². The van der Waals surface area contributed by atoms with Gasteiger partial charge in [0.1, 0.15) is 5.82 Å². The maximum absolute atomic E-state index is 13.1. The van der Waals surface area contributed by atoms with Gasteiger partial charge in [-0.1, -0.05) is 15.9 Å². The van der Waals surface area contributed by atoms with Gasteiger partial charge in [-0.05, 0) is 49.6 Å². The summed E-state index contributed by atoms with van der Waals surface area (Å²) in [5.74, 6) is -0.160. The van der Waals surface area contributed by atoms with Crippen molar-refractivity contribution in [2.24, 2.45) is 0 Å². The van der Waals surface area contributed by atoms with Gasteiger partial charge in [0.2, 0.25) is 0 Å². The fourth-order valence-electron chi connectivity index (χ4n) is 1.94. The number of rotatable bonds is 2. The molecule has 1 aromatic carbocycles. The Morgan fingerprint density at radius 1 is 1.43 bits per heavy atom. The molecular weight excluding hydrogens is 245 g/mol. The van der Waals surface area contributed by atoms with Crippen molar-refractivity contribution in [2.45, 2.75) is 25.3 Å². The predicted molar refractivity (Wildman–Crippen MR) is 58.8 cm³/mol. The Morgan fingerprint density at radius 2 is 2.29 bits per heavy atom. The van der Waals surface area contributed by atoms with E-state index in [0.717, 1.165) is 23.0 Å². The lowest BCUT2D eigenvalue weighted by Crippen LogP contribution is -2.23. The van der Waals surface area contributed by atoms with Crippen molar-refractivity contribution < 1.29 is 4.39 Å². The summed E-state index contributed by atoms with van der Waals surface area (Å²) in [6.07, 6.45) is 3.37. The van der Waals surface area contributed by atoms with E-state index in [1.54, 1.807) is 6.07 Å². The Bertz CT molecular complexity index is 301. The predicted octanol–water partition coefficient (Wildman–Crippen LogP) is 2.88. The van der Waals surface area contributed by atoms with Gasteiger partial charge in [0.15, 0.2) is 0 Å². The number of hydrogen-bond donors (Lipinski definition) is 1. The molecule has 0 bridgehead atoms. The molecule has 0 radical (unpaired) electrons. The van der Waals surface area contributed by atoms with Crippen LogP contribution in [-0.4, -0.2) is 12.6 Å². The number of nitrogens with one attached hydrogen (secondary N) is 1. The van der Waals surface area contributed by atoms with E-state index in [4.69, 9.17) is 0 Å². The maximum atomic E-state index is 13.1. The molecule has 2 rings (SSSR count). The molecule has 1 atom stereocenters. The van der Waals surface area contributed by atoms with E-state index in [0.29, 0.717) is 6.04 Å². The SMILES string of the molecule is Fc1cc(Br)cc(CC2CCCN2)c1. The molecule has 1 aliphatic heterocycles. The molecule has 0 saturated carbocycles. The van der Waals surface area contributed by atoms with Crippen molar-refractivity contribution in [2.75, 3.05) is 6.54 Å². The molecule has 1 fully saturated rings. The summed E-state index contributed by atoms with van der Waals surface area (Å²) in [5, 5.41) is 3.41. The summed E-state index contributed by atoms with van der Waals surface area (Å²) in [6, 6.07) is 5.63. The van der Waals surface area contributed by atoms with Gasteiger partial charge in [0.25, 0.3) is 0 Å². The third-order valence-corrected chi connectivity index (χ3v) is 3.02. The van der Waals surface area contributed by atoms with E-state index < -0.39 is 0 Å². The van der Waals surface area contributed by atoms with Crippen LogP contribution in [0, 0.1) is 5.82 Å². The lowest BCUT2D eigenvalue weighted by molar-refractivity contribution is 0.592. The van der Waals surface area contributed by atoms with Crippen LogP contribution in [0.25, 0.3) is 0 Å². The molecule has 1 saturated heterocycles. The van der Waals surface area contributed by atoms with Crippen molar-refractivity contribution in [1.82, 2.24) is 5.32 Å². The van der Waals surface area contributed by atoms with Gasteiger partial charge in [0, 0.05) is 10.5 Å². The van der Waals surface area contributed by atoms with Crippen LogP contribution in [0.5, 0.6) is 0 Å². The molecule has 0 amide bonds. The second kappa shape index (κ2) is 4.41. The van der Waals surface area contributed by atoms with Crippen LogP contribution in [0.15, 0.2) is 22.7 Å². The molecule has 0 aliphatic carbocycles. The third-order valence-electron chi connectivity index (χ3n) is 2.57. The zero-order valence-electron chi connectivity index (χ0n) is 7.89. The van der Waals surface area contributed by atoms with Gasteiger partial charge in [-0.15, -0.1) is 0 Å². The standard InChI is InChI=1S/C11H13BrFN/c12-9-4-8(5-10(13)7-9)6-11-2-1-3-14-11/h4-5,7,11,14H,1-3,6H2. The van der Waals surface area contributed by atoms with Crippen molar-refractivity contribution in [1.29, 1.82) is 0 Å². The van der Waals surface area contributed by atoms with Crippen molar-refractivity contribution in [3.05, 3.63) is 34.1 Å². The topological polar surface area (TPSA) is 12.0 Å².